The van der Waals surface area contributed by atoms with Crippen LogP contribution in [-0.4, -0.2) is 36.3 Å². The predicted molar refractivity (Wildman–Crippen MR) is 114 cm³/mol. The second-order valence-electron chi connectivity index (χ2n) is 7.38. The summed E-state index contributed by atoms with van der Waals surface area (Å²) in [6, 6.07) is 11.3. The number of nitrogens with zero attached hydrogens (tertiary/aromatic N) is 2. The van der Waals surface area contributed by atoms with Crippen molar-refractivity contribution in [2.75, 3.05) is 6.54 Å². The zero-order chi connectivity index (χ0) is 19.6. The molecule has 0 bridgehead atoms. The number of pyridine rings is 1. The zero-order valence-corrected chi connectivity index (χ0v) is 17.3. The summed E-state index contributed by atoms with van der Waals surface area (Å²) in [4.78, 5) is 5.68. The first-order valence-electron chi connectivity index (χ1n) is 9.68. The Hall–Kier alpha value is -1.80. The zero-order valence-electron chi connectivity index (χ0n) is 15.7. The van der Waals surface area contributed by atoms with E-state index in [4.69, 9.17) is 5.73 Å². The highest BCUT2D eigenvalue weighted by molar-refractivity contribution is 7.89. The SMILES string of the molecule is NC1CCCC(N(CCc2cccs2)S(=O)(=O)c2cccc3cnccc23)C1. The van der Waals surface area contributed by atoms with Gasteiger partial charge < -0.3 is 5.73 Å². The van der Waals surface area contributed by atoms with E-state index in [1.165, 1.54) is 4.88 Å². The molecular formula is C21H25N3O2S2. The average Bonchev–Trinajstić information content (AvgIpc) is 3.21. The third kappa shape index (κ3) is 3.98. The van der Waals surface area contributed by atoms with Gasteiger partial charge >= 0.3 is 0 Å². The van der Waals surface area contributed by atoms with E-state index in [9.17, 15) is 8.42 Å². The third-order valence-electron chi connectivity index (χ3n) is 5.48. The van der Waals surface area contributed by atoms with E-state index in [1.54, 1.807) is 46.2 Å². The van der Waals surface area contributed by atoms with Crippen molar-refractivity contribution in [3.8, 4) is 0 Å². The van der Waals surface area contributed by atoms with Crippen LogP contribution < -0.4 is 5.73 Å². The molecule has 2 unspecified atom stereocenters. The predicted octanol–water partition coefficient (Wildman–Crippen LogP) is 3.80. The molecule has 2 atom stereocenters. The highest BCUT2D eigenvalue weighted by Crippen LogP contribution is 2.31. The number of benzene rings is 1. The number of sulfonamides is 1. The molecule has 7 heteroatoms. The van der Waals surface area contributed by atoms with E-state index in [0.717, 1.165) is 42.9 Å². The maximum Gasteiger partial charge on any atom is 0.243 e. The molecule has 3 aromatic rings. The van der Waals surface area contributed by atoms with Gasteiger partial charge in [0.25, 0.3) is 0 Å². The van der Waals surface area contributed by atoms with Crippen LogP contribution in [0.4, 0.5) is 0 Å². The molecule has 0 spiro atoms. The van der Waals surface area contributed by atoms with Crippen molar-refractivity contribution in [1.29, 1.82) is 0 Å². The number of fused-ring (bicyclic) bond motifs is 1. The highest BCUT2D eigenvalue weighted by atomic mass is 32.2. The minimum atomic E-state index is -3.65. The van der Waals surface area contributed by atoms with Crippen molar-refractivity contribution in [2.24, 2.45) is 5.73 Å². The summed E-state index contributed by atoms with van der Waals surface area (Å²) in [6.45, 7) is 0.474. The summed E-state index contributed by atoms with van der Waals surface area (Å²) in [5.74, 6) is 0. The van der Waals surface area contributed by atoms with Crippen molar-refractivity contribution in [3.05, 3.63) is 59.0 Å². The molecule has 2 aromatic heterocycles. The average molecular weight is 416 g/mol. The van der Waals surface area contributed by atoms with E-state index in [-0.39, 0.29) is 12.1 Å². The van der Waals surface area contributed by atoms with Crippen LogP contribution in [0, 0.1) is 0 Å². The standard InChI is InChI=1S/C21H25N3O2S2/c22-17-5-2-6-18(14-17)24(12-10-19-7-3-13-27-19)28(25,26)21-8-1-4-16-15-23-11-9-20(16)21/h1,3-4,7-9,11,13,15,17-18H,2,5-6,10,12,14,22H2. The van der Waals surface area contributed by atoms with Gasteiger partial charge in [-0.05, 0) is 49.3 Å². The van der Waals surface area contributed by atoms with Crippen molar-refractivity contribution < 1.29 is 8.42 Å². The first-order chi connectivity index (χ1) is 13.6. The van der Waals surface area contributed by atoms with Crippen LogP contribution in [0.25, 0.3) is 10.8 Å². The van der Waals surface area contributed by atoms with Gasteiger partial charge in [0.2, 0.25) is 10.0 Å². The summed E-state index contributed by atoms with van der Waals surface area (Å²) in [7, 11) is -3.65. The quantitative estimate of drug-likeness (QED) is 0.664. The largest absolute Gasteiger partial charge is 0.328 e. The molecule has 1 saturated carbocycles. The highest BCUT2D eigenvalue weighted by Gasteiger charge is 2.34. The van der Waals surface area contributed by atoms with Gasteiger partial charge in [0.05, 0.1) is 4.90 Å². The molecule has 5 nitrogen and oxygen atoms in total. The number of nitrogens with two attached hydrogens (primary N) is 1. The summed E-state index contributed by atoms with van der Waals surface area (Å²) in [5.41, 5.74) is 6.20. The van der Waals surface area contributed by atoms with Crippen LogP contribution in [0.2, 0.25) is 0 Å². The fraction of sp³-hybridized carbons (Fsp3) is 0.381. The Bertz CT molecular complexity index is 1030. The van der Waals surface area contributed by atoms with Crippen molar-refractivity contribution in [1.82, 2.24) is 9.29 Å². The number of hydrogen-bond acceptors (Lipinski definition) is 5. The van der Waals surface area contributed by atoms with E-state index >= 15 is 0 Å². The van der Waals surface area contributed by atoms with E-state index in [1.807, 2.05) is 17.5 Å². The topological polar surface area (TPSA) is 76.3 Å². The number of aromatic nitrogens is 1. The Morgan fingerprint density at radius 3 is 2.86 bits per heavy atom. The molecule has 2 heterocycles. The molecule has 1 aliphatic rings. The number of rotatable bonds is 6. The van der Waals surface area contributed by atoms with Gasteiger partial charge in [-0.1, -0.05) is 24.6 Å². The van der Waals surface area contributed by atoms with Crippen LogP contribution in [-0.2, 0) is 16.4 Å². The Morgan fingerprint density at radius 2 is 2.07 bits per heavy atom. The second-order valence-corrected chi connectivity index (χ2v) is 10.3. The Morgan fingerprint density at radius 1 is 1.18 bits per heavy atom. The molecular weight excluding hydrogens is 390 g/mol. The van der Waals surface area contributed by atoms with Gasteiger partial charge in [0, 0.05) is 46.7 Å². The minimum absolute atomic E-state index is 0.0502. The van der Waals surface area contributed by atoms with E-state index in [0.29, 0.717) is 11.4 Å². The third-order valence-corrected chi connectivity index (χ3v) is 8.43. The van der Waals surface area contributed by atoms with Crippen LogP contribution in [0.5, 0.6) is 0 Å². The first-order valence-corrected chi connectivity index (χ1v) is 12.0. The fourth-order valence-electron chi connectivity index (χ4n) is 4.08. The lowest BCUT2D eigenvalue weighted by atomic mass is 9.91. The monoisotopic (exact) mass is 415 g/mol. The van der Waals surface area contributed by atoms with Crippen molar-refractivity contribution in [2.45, 2.75) is 49.1 Å². The van der Waals surface area contributed by atoms with Gasteiger partial charge in [-0.3, -0.25) is 4.98 Å². The minimum Gasteiger partial charge on any atom is -0.328 e. The van der Waals surface area contributed by atoms with Crippen molar-refractivity contribution in [3.63, 3.8) is 0 Å². The molecule has 0 saturated heterocycles. The first kappa shape index (κ1) is 19.5. The summed E-state index contributed by atoms with van der Waals surface area (Å²) in [5, 5.41) is 3.59. The Labute approximate surface area is 170 Å². The van der Waals surface area contributed by atoms with Gasteiger partial charge in [0.1, 0.15) is 0 Å². The Kier molecular flexibility index (Phi) is 5.78. The van der Waals surface area contributed by atoms with Gasteiger partial charge in [0.15, 0.2) is 0 Å². The second kappa shape index (κ2) is 8.29. The summed E-state index contributed by atoms with van der Waals surface area (Å²) >= 11 is 1.67. The molecule has 148 valence electrons. The summed E-state index contributed by atoms with van der Waals surface area (Å²) < 4.78 is 29.3. The maximum absolute atomic E-state index is 13.8. The lowest BCUT2D eigenvalue weighted by molar-refractivity contribution is 0.239. The van der Waals surface area contributed by atoms with Crippen LogP contribution in [0.1, 0.15) is 30.6 Å². The fourth-order valence-corrected chi connectivity index (χ4v) is 6.66. The molecule has 1 aliphatic carbocycles. The lowest BCUT2D eigenvalue weighted by Gasteiger charge is -2.36. The molecule has 1 fully saturated rings. The molecule has 0 aliphatic heterocycles. The van der Waals surface area contributed by atoms with Gasteiger partial charge in [-0.2, -0.15) is 4.31 Å². The molecule has 1 aromatic carbocycles. The number of thiophene rings is 1. The molecule has 0 radical (unpaired) electrons. The number of hydrogen-bond donors (Lipinski definition) is 1. The van der Waals surface area contributed by atoms with Crippen LogP contribution >= 0.6 is 11.3 Å². The molecule has 0 amide bonds. The van der Waals surface area contributed by atoms with Crippen LogP contribution in [0.15, 0.2) is 59.1 Å². The van der Waals surface area contributed by atoms with E-state index < -0.39 is 10.0 Å². The Balaban J connectivity index is 1.72. The van der Waals surface area contributed by atoms with Gasteiger partial charge in [-0.25, -0.2) is 8.42 Å². The normalized spacial score (nSPS) is 20.6. The van der Waals surface area contributed by atoms with E-state index in [2.05, 4.69) is 11.1 Å². The molecule has 28 heavy (non-hydrogen) atoms. The smallest absolute Gasteiger partial charge is 0.243 e. The maximum atomic E-state index is 13.8. The van der Waals surface area contributed by atoms with Crippen molar-refractivity contribution >= 4 is 32.1 Å². The molecule has 2 N–H and O–H groups in total. The summed E-state index contributed by atoms with van der Waals surface area (Å²) in [6.07, 6.45) is 7.59. The van der Waals surface area contributed by atoms with Crippen LogP contribution in [0.3, 0.4) is 0 Å². The lowest BCUT2D eigenvalue weighted by Crippen LogP contribution is -2.46. The molecule has 4 rings (SSSR count). The van der Waals surface area contributed by atoms with Gasteiger partial charge in [-0.15, -0.1) is 11.3 Å².